The number of carbonyl (C=O) groups is 1. The van der Waals surface area contributed by atoms with Crippen molar-refractivity contribution in [3.63, 3.8) is 0 Å². The third-order valence-corrected chi connectivity index (χ3v) is 4.21. The summed E-state index contributed by atoms with van der Waals surface area (Å²) < 4.78 is 0. The summed E-state index contributed by atoms with van der Waals surface area (Å²) in [5.41, 5.74) is 2.02. The van der Waals surface area contributed by atoms with Gasteiger partial charge in [0.2, 0.25) is 0 Å². The molecular weight excluding hydrogens is 254 g/mol. The highest BCUT2D eigenvalue weighted by molar-refractivity contribution is 7.14. The molecule has 0 spiro atoms. The molecule has 0 radical (unpaired) electrons. The lowest BCUT2D eigenvalue weighted by Crippen LogP contribution is -1.90. The fourth-order valence-corrected chi connectivity index (χ4v) is 3.05. The Bertz CT molecular complexity index is 768. The van der Waals surface area contributed by atoms with Gasteiger partial charge in [0, 0.05) is 17.4 Å². The summed E-state index contributed by atoms with van der Waals surface area (Å²) in [7, 11) is 0. The number of aryl methyl sites for hydroxylation is 1. The van der Waals surface area contributed by atoms with Crippen molar-refractivity contribution < 1.29 is 4.79 Å². The lowest BCUT2D eigenvalue weighted by Gasteiger charge is -2.04. The second-order valence-electron chi connectivity index (χ2n) is 4.51. The van der Waals surface area contributed by atoms with Crippen LogP contribution in [0, 0.1) is 6.92 Å². The second kappa shape index (κ2) is 4.59. The molecule has 0 saturated carbocycles. The Morgan fingerprint density at radius 1 is 1.11 bits per heavy atom. The average Bonchev–Trinajstić information content (AvgIpc) is 2.80. The summed E-state index contributed by atoms with van der Waals surface area (Å²) in [6, 6.07) is 14.4. The van der Waals surface area contributed by atoms with Crippen LogP contribution < -0.4 is 0 Å². The molecule has 0 unspecified atom stereocenters. The molecule has 0 aliphatic rings. The van der Waals surface area contributed by atoms with Gasteiger partial charge in [-0.15, -0.1) is 11.3 Å². The monoisotopic (exact) mass is 267 g/mol. The van der Waals surface area contributed by atoms with Crippen LogP contribution in [0.3, 0.4) is 0 Å². The Kier molecular flexibility index (Phi) is 2.91. The van der Waals surface area contributed by atoms with Crippen molar-refractivity contribution in [1.29, 1.82) is 0 Å². The van der Waals surface area contributed by atoms with Crippen molar-refractivity contribution >= 4 is 27.9 Å². The summed E-state index contributed by atoms with van der Waals surface area (Å²) in [4.78, 5) is 17.0. The van der Waals surface area contributed by atoms with Gasteiger partial charge in [0.1, 0.15) is 0 Å². The van der Waals surface area contributed by atoms with E-state index >= 15 is 0 Å². The van der Waals surface area contributed by atoms with Crippen molar-refractivity contribution in [3.05, 3.63) is 52.3 Å². The molecular formula is C16H13NOS. The first-order chi connectivity index (χ1) is 9.16. The van der Waals surface area contributed by atoms with Gasteiger partial charge in [0.05, 0.1) is 5.69 Å². The Labute approximate surface area is 115 Å². The average molecular weight is 267 g/mol. The van der Waals surface area contributed by atoms with Gasteiger partial charge in [0.15, 0.2) is 10.8 Å². The Morgan fingerprint density at radius 3 is 2.58 bits per heavy atom. The minimum absolute atomic E-state index is 0.0274. The molecule has 94 valence electrons. The van der Waals surface area contributed by atoms with Crippen molar-refractivity contribution in [2.45, 2.75) is 13.8 Å². The van der Waals surface area contributed by atoms with Crippen LogP contribution in [0.1, 0.15) is 21.6 Å². The Hall–Kier alpha value is -2.00. The number of fused-ring (bicyclic) bond motifs is 1. The maximum atomic E-state index is 11.5. The van der Waals surface area contributed by atoms with Crippen molar-refractivity contribution in [3.8, 4) is 11.3 Å². The molecule has 0 aliphatic carbocycles. The fraction of sp³-hybridized carbons (Fsp3) is 0.125. The number of ketones is 1. The van der Waals surface area contributed by atoms with Crippen LogP contribution in [-0.4, -0.2) is 10.8 Å². The first-order valence-electron chi connectivity index (χ1n) is 6.13. The molecule has 2 aromatic carbocycles. The van der Waals surface area contributed by atoms with Gasteiger partial charge in [-0.3, -0.25) is 4.79 Å². The highest BCUT2D eigenvalue weighted by Crippen LogP contribution is 2.32. The normalized spacial score (nSPS) is 10.8. The molecule has 0 saturated heterocycles. The number of hydrogen-bond donors (Lipinski definition) is 0. The van der Waals surface area contributed by atoms with Crippen LogP contribution in [0.5, 0.6) is 0 Å². The quantitative estimate of drug-likeness (QED) is 0.641. The summed E-state index contributed by atoms with van der Waals surface area (Å²) in [6.45, 7) is 3.58. The van der Waals surface area contributed by atoms with Crippen molar-refractivity contribution in [2.24, 2.45) is 0 Å². The van der Waals surface area contributed by atoms with Gasteiger partial charge < -0.3 is 0 Å². The van der Waals surface area contributed by atoms with Crippen LogP contribution >= 0.6 is 11.3 Å². The van der Waals surface area contributed by atoms with Gasteiger partial charge >= 0.3 is 0 Å². The van der Waals surface area contributed by atoms with Crippen LogP contribution in [0.4, 0.5) is 0 Å². The second-order valence-corrected chi connectivity index (χ2v) is 5.71. The maximum Gasteiger partial charge on any atom is 0.188 e. The summed E-state index contributed by atoms with van der Waals surface area (Å²) in [6.07, 6.45) is 0. The fourth-order valence-electron chi connectivity index (χ4n) is 2.23. The minimum Gasteiger partial charge on any atom is -0.292 e. The van der Waals surface area contributed by atoms with Crippen molar-refractivity contribution in [1.82, 2.24) is 4.98 Å². The zero-order valence-corrected chi connectivity index (χ0v) is 11.6. The van der Waals surface area contributed by atoms with E-state index in [1.165, 1.54) is 22.1 Å². The van der Waals surface area contributed by atoms with E-state index in [-0.39, 0.29) is 5.78 Å². The summed E-state index contributed by atoms with van der Waals surface area (Å²) in [5.74, 6) is 0.0274. The molecule has 2 nitrogen and oxygen atoms in total. The van der Waals surface area contributed by atoms with E-state index in [2.05, 4.69) is 29.2 Å². The van der Waals surface area contributed by atoms with E-state index in [9.17, 15) is 4.79 Å². The first kappa shape index (κ1) is 12.1. The van der Waals surface area contributed by atoms with Crippen LogP contribution in [0.15, 0.2) is 42.5 Å². The highest BCUT2D eigenvalue weighted by Gasteiger charge is 2.14. The number of Topliss-reactive ketones (excluding diaryl/α,β-unsaturated/α-hetero) is 1. The predicted octanol–water partition coefficient (Wildman–Crippen LogP) is 4.47. The molecule has 0 fully saturated rings. The molecule has 0 N–H and O–H groups in total. The minimum atomic E-state index is 0.0274. The molecule has 0 amide bonds. The SMILES string of the molecule is CC(=O)c1nc(-c2cccc3ccccc23)c(C)s1. The zero-order chi connectivity index (χ0) is 13.4. The molecule has 0 aliphatic heterocycles. The summed E-state index contributed by atoms with van der Waals surface area (Å²) >= 11 is 1.47. The number of benzene rings is 2. The predicted molar refractivity (Wildman–Crippen MR) is 79.8 cm³/mol. The van der Waals surface area contributed by atoms with E-state index in [4.69, 9.17) is 0 Å². The molecule has 3 rings (SSSR count). The van der Waals surface area contributed by atoms with Crippen molar-refractivity contribution in [2.75, 3.05) is 0 Å². The van der Waals surface area contributed by atoms with Gasteiger partial charge in [-0.25, -0.2) is 4.98 Å². The number of carbonyl (C=O) groups excluding carboxylic acids is 1. The van der Waals surface area contributed by atoms with Gasteiger partial charge in [-0.05, 0) is 17.7 Å². The third-order valence-electron chi connectivity index (χ3n) is 3.14. The zero-order valence-electron chi connectivity index (χ0n) is 10.8. The molecule has 1 aromatic heterocycles. The smallest absolute Gasteiger partial charge is 0.188 e. The third kappa shape index (κ3) is 2.06. The van der Waals surface area contributed by atoms with E-state index in [1.54, 1.807) is 6.92 Å². The number of hydrogen-bond acceptors (Lipinski definition) is 3. The molecule has 3 aromatic rings. The van der Waals surface area contributed by atoms with E-state index in [0.29, 0.717) is 5.01 Å². The molecule has 19 heavy (non-hydrogen) atoms. The largest absolute Gasteiger partial charge is 0.292 e. The lowest BCUT2D eigenvalue weighted by atomic mass is 10.0. The number of aromatic nitrogens is 1. The van der Waals surface area contributed by atoms with Crippen LogP contribution in [0.25, 0.3) is 22.0 Å². The van der Waals surface area contributed by atoms with Crippen LogP contribution in [0.2, 0.25) is 0 Å². The first-order valence-corrected chi connectivity index (χ1v) is 6.95. The number of nitrogens with zero attached hydrogens (tertiary/aromatic N) is 1. The Balaban J connectivity index is 2.27. The van der Waals surface area contributed by atoms with Gasteiger partial charge in [-0.1, -0.05) is 42.5 Å². The summed E-state index contributed by atoms with van der Waals surface area (Å²) in [5, 5.41) is 2.95. The molecule has 0 atom stereocenters. The van der Waals surface area contributed by atoms with Gasteiger partial charge in [-0.2, -0.15) is 0 Å². The van der Waals surface area contributed by atoms with E-state index in [1.807, 2.05) is 25.1 Å². The highest BCUT2D eigenvalue weighted by atomic mass is 32.1. The van der Waals surface area contributed by atoms with Gasteiger partial charge in [0.25, 0.3) is 0 Å². The number of thiazole rings is 1. The van der Waals surface area contributed by atoms with Crippen LogP contribution in [-0.2, 0) is 0 Å². The molecule has 1 heterocycles. The number of rotatable bonds is 2. The van der Waals surface area contributed by atoms with E-state index < -0.39 is 0 Å². The topological polar surface area (TPSA) is 30.0 Å². The molecule has 0 bridgehead atoms. The Morgan fingerprint density at radius 2 is 1.84 bits per heavy atom. The van der Waals surface area contributed by atoms with E-state index in [0.717, 1.165) is 16.1 Å². The standard InChI is InChI=1S/C16H13NOS/c1-10(18)16-17-15(11(2)19-16)14-9-5-7-12-6-3-4-8-13(12)14/h3-9H,1-2H3. The maximum absolute atomic E-state index is 11.5. The lowest BCUT2D eigenvalue weighted by molar-refractivity contribution is 0.101. The molecule has 3 heteroatoms.